The van der Waals surface area contributed by atoms with Crippen molar-refractivity contribution in [3.05, 3.63) is 58.2 Å². The number of hydrogen-bond donors (Lipinski definition) is 2. The van der Waals surface area contributed by atoms with Crippen molar-refractivity contribution in [2.24, 2.45) is 4.99 Å². The van der Waals surface area contributed by atoms with Gasteiger partial charge in [0.2, 0.25) is 0 Å². The van der Waals surface area contributed by atoms with E-state index in [2.05, 4.69) is 84.8 Å². The van der Waals surface area contributed by atoms with Crippen molar-refractivity contribution in [3.8, 4) is 0 Å². The van der Waals surface area contributed by atoms with Crippen LogP contribution < -0.4 is 15.5 Å². The second-order valence-corrected chi connectivity index (χ2v) is 8.25. The van der Waals surface area contributed by atoms with Crippen molar-refractivity contribution in [3.63, 3.8) is 0 Å². The van der Waals surface area contributed by atoms with Crippen LogP contribution in [0.2, 0.25) is 0 Å². The summed E-state index contributed by atoms with van der Waals surface area (Å²) in [5.74, 6) is 1.99. The Morgan fingerprint density at radius 2 is 2.03 bits per heavy atom. The average Bonchev–Trinajstić information content (AvgIpc) is 2.71. The van der Waals surface area contributed by atoms with Crippen molar-refractivity contribution in [1.29, 1.82) is 0 Å². The lowest BCUT2D eigenvalue weighted by atomic mass is 10.1. The Kier molecular flexibility index (Phi) is 10.2. The first-order valence-corrected chi connectivity index (χ1v) is 10.8. The molecule has 0 saturated carbocycles. The Balaban J connectivity index is 0.00000300. The van der Waals surface area contributed by atoms with Gasteiger partial charge in [0.25, 0.3) is 0 Å². The lowest BCUT2D eigenvalue weighted by molar-refractivity contribution is 0.459. The number of pyridine rings is 1. The number of nitrogens with one attached hydrogen (secondary N) is 2. The average molecular weight is 572 g/mol. The third-order valence-corrected chi connectivity index (χ3v) is 5.60. The van der Waals surface area contributed by atoms with E-state index in [1.54, 1.807) is 0 Å². The molecule has 2 aromatic rings. The second kappa shape index (κ2) is 12.4. The molecule has 1 aromatic carbocycles. The fourth-order valence-electron chi connectivity index (χ4n) is 3.48. The minimum atomic E-state index is 0. The number of aryl methyl sites for hydroxylation is 2. The van der Waals surface area contributed by atoms with Gasteiger partial charge in [0, 0.05) is 43.4 Å². The topological polar surface area (TPSA) is 52.6 Å². The zero-order chi connectivity index (χ0) is 19.8. The fourth-order valence-corrected chi connectivity index (χ4v) is 3.93. The van der Waals surface area contributed by atoms with E-state index in [0.717, 1.165) is 61.6 Å². The predicted molar refractivity (Wildman–Crippen MR) is 137 cm³/mol. The lowest BCUT2D eigenvalue weighted by Gasteiger charge is -2.33. The smallest absolute Gasteiger partial charge is 0.191 e. The van der Waals surface area contributed by atoms with Crippen LogP contribution >= 0.6 is 39.9 Å². The molecule has 7 heteroatoms. The molecule has 0 bridgehead atoms. The van der Waals surface area contributed by atoms with Crippen LogP contribution in [-0.2, 0) is 6.42 Å². The van der Waals surface area contributed by atoms with Crippen LogP contribution in [0.3, 0.4) is 0 Å². The van der Waals surface area contributed by atoms with Gasteiger partial charge in [-0.05, 0) is 61.9 Å². The Morgan fingerprint density at radius 1 is 1.24 bits per heavy atom. The molecule has 0 amide bonds. The van der Waals surface area contributed by atoms with Crippen LogP contribution in [0.4, 0.5) is 5.82 Å². The molecule has 0 unspecified atom stereocenters. The van der Waals surface area contributed by atoms with E-state index in [9.17, 15) is 0 Å². The molecule has 0 radical (unpaired) electrons. The third kappa shape index (κ3) is 7.77. The minimum absolute atomic E-state index is 0. The van der Waals surface area contributed by atoms with Crippen molar-refractivity contribution in [2.75, 3.05) is 31.6 Å². The SMILES string of the molecule is CN=C(NCCCc1cccc(Br)c1)NC1CCN(c2ccc(C)cn2)CC1.I. The Labute approximate surface area is 199 Å². The van der Waals surface area contributed by atoms with Gasteiger partial charge < -0.3 is 15.5 Å². The number of rotatable bonds is 6. The van der Waals surface area contributed by atoms with E-state index in [1.807, 2.05) is 13.2 Å². The standard InChI is InChI=1S/C22H30BrN5.HI/c1-17-8-9-21(26-16-17)28-13-10-20(11-14-28)27-22(24-2)25-12-4-6-18-5-3-7-19(23)15-18;/h3,5,7-9,15-16,20H,4,6,10-14H2,1-2H3,(H2,24,25,27);1H. The molecule has 2 N–H and O–H groups in total. The van der Waals surface area contributed by atoms with Crippen molar-refractivity contribution in [1.82, 2.24) is 15.6 Å². The highest BCUT2D eigenvalue weighted by Crippen LogP contribution is 2.18. The molecule has 1 saturated heterocycles. The van der Waals surface area contributed by atoms with Gasteiger partial charge in [-0.15, -0.1) is 24.0 Å². The van der Waals surface area contributed by atoms with E-state index < -0.39 is 0 Å². The fraction of sp³-hybridized carbons (Fsp3) is 0.455. The molecule has 0 atom stereocenters. The normalized spacial score (nSPS) is 15.0. The maximum atomic E-state index is 4.55. The first-order chi connectivity index (χ1) is 13.6. The molecule has 3 rings (SSSR count). The molecule has 1 aliphatic rings. The highest BCUT2D eigenvalue weighted by atomic mass is 127. The summed E-state index contributed by atoms with van der Waals surface area (Å²) in [5, 5.41) is 7.03. The summed E-state index contributed by atoms with van der Waals surface area (Å²) in [6.45, 7) is 5.03. The van der Waals surface area contributed by atoms with Crippen LogP contribution in [0.5, 0.6) is 0 Å². The van der Waals surface area contributed by atoms with Crippen LogP contribution in [0.15, 0.2) is 52.1 Å². The van der Waals surface area contributed by atoms with Gasteiger partial charge in [-0.1, -0.05) is 34.1 Å². The lowest BCUT2D eigenvalue weighted by Crippen LogP contribution is -2.49. The third-order valence-electron chi connectivity index (χ3n) is 5.10. The summed E-state index contributed by atoms with van der Waals surface area (Å²) in [7, 11) is 1.84. The van der Waals surface area contributed by atoms with E-state index in [1.165, 1.54) is 11.1 Å². The number of nitrogens with zero attached hydrogens (tertiary/aromatic N) is 3. The number of piperidine rings is 1. The minimum Gasteiger partial charge on any atom is -0.356 e. The summed E-state index contributed by atoms with van der Waals surface area (Å²) in [6, 6.07) is 13.2. The Bertz CT molecular complexity index is 773. The molecule has 0 aliphatic carbocycles. The number of guanidine groups is 1. The van der Waals surface area contributed by atoms with Crippen LogP contribution in [0, 0.1) is 6.92 Å². The maximum Gasteiger partial charge on any atom is 0.191 e. The van der Waals surface area contributed by atoms with Crippen molar-refractivity contribution < 1.29 is 0 Å². The van der Waals surface area contributed by atoms with E-state index in [-0.39, 0.29) is 24.0 Å². The van der Waals surface area contributed by atoms with Crippen LogP contribution in [-0.4, -0.2) is 43.7 Å². The number of halogens is 2. The van der Waals surface area contributed by atoms with Crippen LogP contribution in [0.25, 0.3) is 0 Å². The van der Waals surface area contributed by atoms with Gasteiger partial charge in [-0.3, -0.25) is 4.99 Å². The highest BCUT2D eigenvalue weighted by Gasteiger charge is 2.20. The van der Waals surface area contributed by atoms with Gasteiger partial charge in [0.1, 0.15) is 5.82 Å². The first kappa shape index (κ1) is 23.9. The highest BCUT2D eigenvalue weighted by molar-refractivity contribution is 14.0. The Hall–Kier alpha value is -1.35. The number of aromatic nitrogens is 1. The van der Waals surface area contributed by atoms with Crippen molar-refractivity contribution in [2.45, 2.75) is 38.6 Å². The molecule has 1 aromatic heterocycles. The van der Waals surface area contributed by atoms with Gasteiger partial charge in [-0.2, -0.15) is 0 Å². The molecular weight excluding hydrogens is 541 g/mol. The molecule has 1 aliphatic heterocycles. The van der Waals surface area contributed by atoms with Crippen molar-refractivity contribution >= 4 is 51.7 Å². The number of benzene rings is 1. The molecular formula is C22H31BrIN5. The summed E-state index contributed by atoms with van der Waals surface area (Å²) >= 11 is 3.53. The van der Waals surface area contributed by atoms with Gasteiger partial charge in [0.05, 0.1) is 0 Å². The zero-order valence-corrected chi connectivity index (χ0v) is 21.1. The van der Waals surface area contributed by atoms with E-state index in [4.69, 9.17) is 0 Å². The molecule has 0 spiro atoms. The van der Waals surface area contributed by atoms with E-state index >= 15 is 0 Å². The van der Waals surface area contributed by atoms with Crippen LogP contribution in [0.1, 0.15) is 30.4 Å². The quantitative estimate of drug-likeness (QED) is 0.231. The molecule has 5 nitrogen and oxygen atoms in total. The molecule has 2 heterocycles. The molecule has 29 heavy (non-hydrogen) atoms. The van der Waals surface area contributed by atoms with Gasteiger partial charge in [0.15, 0.2) is 5.96 Å². The number of anilines is 1. The number of hydrogen-bond acceptors (Lipinski definition) is 3. The molecule has 158 valence electrons. The molecule has 1 fully saturated rings. The maximum absolute atomic E-state index is 4.55. The van der Waals surface area contributed by atoms with Gasteiger partial charge >= 0.3 is 0 Å². The summed E-state index contributed by atoms with van der Waals surface area (Å²) in [6.07, 6.45) is 6.27. The second-order valence-electron chi connectivity index (χ2n) is 7.33. The zero-order valence-electron chi connectivity index (χ0n) is 17.2. The van der Waals surface area contributed by atoms with E-state index in [0.29, 0.717) is 6.04 Å². The first-order valence-electron chi connectivity index (χ1n) is 10.0. The summed E-state index contributed by atoms with van der Waals surface area (Å²) in [5.41, 5.74) is 2.56. The van der Waals surface area contributed by atoms with Gasteiger partial charge in [-0.25, -0.2) is 4.98 Å². The number of aliphatic imine (C=N–C) groups is 1. The monoisotopic (exact) mass is 571 g/mol. The Morgan fingerprint density at radius 3 is 2.69 bits per heavy atom. The largest absolute Gasteiger partial charge is 0.356 e. The predicted octanol–water partition coefficient (Wildman–Crippen LogP) is 4.54. The summed E-state index contributed by atoms with van der Waals surface area (Å²) in [4.78, 5) is 11.3. The summed E-state index contributed by atoms with van der Waals surface area (Å²) < 4.78 is 1.14.